The van der Waals surface area contributed by atoms with Crippen molar-refractivity contribution < 1.29 is 0 Å². The Hall–Kier alpha value is -8.32. The van der Waals surface area contributed by atoms with Crippen LogP contribution in [0.4, 0.5) is 0 Å². The third kappa shape index (κ3) is 4.42. The monoisotopic (exact) mass is 831 g/mol. The maximum atomic E-state index is 5.81. The molecule has 64 heavy (non-hydrogen) atoms. The summed E-state index contributed by atoms with van der Waals surface area (Å²) in [7, 11) is 0. The normalized spacial score (nSPS) is 12.4. The molecule has 0 saturated heterocycles. The van der Waals surface area contributed by atoms with E-state index < -0.39 is 0 Å². The summed E-state index contributed by atoms with van der Waals surface area (Å²) in [5.41, 5.74) is 17.1. The molecule has 0 amide bonds. The number of aromatic nitrogens is 5. The van der Waals surface area contributed by atoms with Crippen LogP contribution in [0.3, 0.4) is 0 Å². The first kappa shape index (κ1) is 34.3. The Bertz CT molecular complexity index is 4320. The molecule has 5 aromatic heterocycles. The first-order valence-corrected chi connectivity index (χ1v) is 22.6. The van der Waals surface area contributed by atoms with Gasteiger partial charge in [0.15, 0.2) is 0 Å². The third-order valence-electron chi connectivity index (χ3n) is 13.6. The van der Waals surface area contributed by atoms with Crippen molar-refractivity contribution in [2.24, 2.45) is 0 Å². The van der Waals surface area contributed by atoms with Gasteiger partial charge in [0.05, 0.1) is 54.7 Å². The molecule has 0 fully saturated rings. The van der Waals surface area contributed by atoms with E-state index in [1.807, 2.05) is 0 Å². The van der Waals surface area contributed by atoms with E-state index in [1.165, 1.54) is 76.0 Å². The molecule has 0 unspecified atom stereocenters. The van der Waals surface area contributed by atoms with Crippen LogP contribution < -0.4 is 0 Å². The predicted molar refractivity (Wildman–Crippen MR) is 268 cm³/mol. The largest absolute Gasteiger partial charge is 0.309 e. The van der Waals surface area contributed by atoms with Crippen LogP contribution in [0.5, 0.6) is 0 Å². The van der Waals surface area contributed by atoms with Crippen molar-refractivity contribution in [1.82, 2.24) is 23.7 Å². The van der Waals surface area contributed by atoms with Gasteiger partial charge in [0.2, 0.25) is 5.95 Å². The van der Waals surface area contributed by atoms with E-state index in [-0.39, 0.29) is 0 Å². The standard InChI is InChI=1S/C58H33N5S/c1-2-17-34(18-3-1)61-46-29-13-8-23-39(46)51-42(26-16-31-48(51)61)55-57-54(41-25-10-15-32-50(41)64-57)59-58(60-55)63-47-30-14-9-24-40(47)52-49(63)33-43-37-21-7-12-28-45(37)62-44-27-11-6-20-36(44)35-19-4-5-22-38(35)53(52)56(43)62/h1-33H. The molecule has 14 aromatic rings. The molecule has 0 N–H and O–H groups in total. The Balaban J connectivity index is 1.12. The van der Waals surface area contributed by atoms with Gasteiger partial charge in [-0.25, -0.2) is 9.97 Å². The number of nitrogens with zero attached hydrogens (tertiary/aromatic N) is 5. The molecule has 9 aromatic carbocycles. The highest BCUT2D eigenvalue weighted by Crippen LogP contribution is 2.52. The molecule has 296 valence electrons. The van der Waals surface area contributed by atoms with Gasteiger partial charge in [-0.15, -0.1) is 11.3 Å². The lowest BCUT2D eigenvalue weighted by Crippen LogP contribution is -2.03. The van der Waals surface area contributed by atoms with Crippen LogP contribution in [0, 0.1) is 0 Å². The van der Waals surface area contributed by atoms with Crippen LogP contribution in [0.15, 0.2) is 200 Å². The first-order valence-electron chi connectivity index (χ1n) is 21.8. The Morgan fingerprint density at radius 1 is 0.375 bits per heavy atom. The summed E-state index contributed by atoms with van der Waals surface area (Å²) in [6, 6.07) is 72.7. The van der Waals surface area contributed by atoms with Crippen LogP contribution >= 0.6 is 11.3 Å². The highest BCUT2D eigenvalue weighted by Gasteiger charge is 2.30. The predicted octanol–water partition coefficient (Wildman–Crippen LogP) is 15.5. The van der Waals surface area contributed by atoms with E-state index in [0.717, 1.165) is 54.6 Å². The maximum absolute atomic E-state index is 5.81. The molecule has 0 atom stereocenters. The van der Waals surface area contributed by atoms with Crippen molar-refractivity contribution in [3.8, 4) is 50.8 Å². The zero-order chi connectivity index (χ0) is 41.6. The quantitative estimate of drug-likeness (QED) is 0.178. The minimum absolute atomic E-state index is 0.654. The van der Waals surface area contributed by atoms with Gasteiger partial charge in [0, 0.05) is 64.8 Å². The average molecular weight is 832 g/mol. The van der Waals surface area contributed by atoms with Crippen molar-refractivity contribution in [2.75, 3.05) is 0 Å². The van der Waals surface area contributed by atoms with Gasteiger partial charge in [-0.2, -0.15) is 0 Å². The summed E-state index contributed by atoms with van der Waals surface area (Å²) >= 11 is 1.78. The molecule has 0 spiro atoms. The summed E-state index contributed by atoms with van der Waals surface area (Å²) in [5.74, 6) is 0.654. The minimum atomic E-state index is 0.654. The SMILES string of the molecule is c1ccc(-n2c3ccccc3c3c(-c4nc(-n5c6ccccc6c6c7c8c(cc65)c5ccccc5n8-c5ccccc5-c5ccccc5-7)nc5c4sc4ccccc45)cccc32)cc1. The van der Waals surface area contributed by atoms with E-state index in [4.69, 9.17) is 9.97 Å². The second-order valence-electron chi connectivity index (χ2n) is 16.8. The lowest BCUT2D eigenvalue weighted by atomic mass is 9.91. The summed E-state index contributed by atoms with van der Waals surface area (Å²) in [6.45, 7) is 0. The van der Waals surface area contributed by atoms with Gasteiger partial charge in [-0.3, -0.25) is 4.57 Å². The third-order valence-corrected chi connectivity index (χ3v) is 14.8. The van der Waals surface area contributed by atoms with Gasteiger partial charge < -0.3 is 9.13 Å². The lowest BCUT2D eigenvalue weighted by Gasteiger charge is -2.13. The Morgan fingerprint density at radius 3 is 1.78 bits per heavy atom. The molecule has 15 rings (SSSR count). The number of hydrogen-bond donors (Lipinski definition) is 0. The van der Waals surface area contributed by atoms with Crippen molar-refractivity contribution >= 4 is 97.1 Å². The van der Waals surface area contributed by atoms with Crippen LogP contribution in [-0.4, -0.2) is 23.7 Å². The fourth-order valence-corrected chi connectivity index (χ4v) is 12.2. The number of thiophene rings is 1. The Labute approximate surface area is 370 Å². The molecule has 1 aliphatic heterocycles. The highest BCUT2D eigenvalue weighted by atomic mass is 32.1. The van der Waals surface area contributed by atoms with Crippen molar-refractivity contribution in [3.05, 3.63) is 200 Å². The first-order chi connectivity index (χ1) is 31.8. The summed E-state index contributed by atoms with van der Waals surface area (Å²) < 4.78 is 9.51. The molecular weight excluding hydrogens is 799 g/mol. The number of hydrogen-bond acceptors (Lipinski definition) is 3. The molecule has 6 heterocycles. The molecule has 0 saturated carbocycles. The summed E-state index contributed by atoms with van der Waals surface area (Å²) in [5, 5.41) is 8.29. The second kappa shape index (κ2) is 12.6. The van der Waals surface area contributed by atoms with E-state index in [9.17, 15) is 0 Å². The zero-order valence-electron chi connectivity index (χ0n) is 34.2. The summed E-state index contributed by atoms with van der Waals surface area (Å²) in [4.78, 5) is 11.5. The molecule has 0 aliphatic carbocycles. The van der Waals surface area contributed by atoms with Crippen LogP contribution in [-0.2, 0) is 0 Å². The number of fused-ring (bicyclic) bond motifs is 18. The molecule has 0 radical (unpaired) electrons. The fourth-order valence-electron chi connectivity index (χ4n) is 11.1. The molecule has 6 heteroatoms. The van der Waals surface area contributed by atoms with Gasteiger partial charge >= 0.3 is 0 Å². The topological polar surface area (TPSA) is 40.6 Å². The average Bonchev–Trinajstić information content (AvgIpc) is 4.08. The smallest absolute Gasteiger partial charge is 0.235 e. The van der Waals surface area contributed by atoms with Crippen molar-refractivity contribution in [1.29, 1.82) is 0 Å². The lowest BCUT2D eigenvalue weighted by molar-refractivity contribution is 1.02. The Kier molecular flexibility index (Phi) is 6.77. The molecule has 0 bridgehead atoms. The number of para-hydroxylation sites is 5. The highest BCUT2D eigenvalue weighted by molar-refractivity contribution is 7.26. The van der Waals surface area contributed by atoms with E-state index >= 15 is 0 Å². The van der Waals surface area contributed by atoms with Crippen LogP contribution in [0.1, 0.15) is 0 Å². The van der Waals surface area contributed by atoms with E-state index in [1.54, 1.807) is 11.3 Å². The van der Waals surface area contributed by atoms with Crippen LogP contribution in [0.2, 0.25) is 0 Å². The minimum Gasteiger partial charge on any atom is -0.309 e. The van der Waals surface area contributed by atoms with Crippen molar-refractivity contribution in [3.63, 3.8) is 0 Å². The van der Waals surface area contributed by atoms with Crippen molar-refractivity contribution in [2.45, 2.75) is 0 Å². The molecule has 5 nitrogen and oxygen atoms in total. The van der Waals surface area contributed by atoms with E-state index in [2.05, 4.69) is 214 Å². The van der Waals surface area contributed by atoms with Gasteiger partial charge in [0.1, 0.15) is 0 Å². The fraction of sp³-hybridized carbons (Fsp3) is 0. The molecular formula is C58H33N5S. The second-order valence-corrected chi connectivity index (χ2v) is 17.9. The van der Waals surface area contributed by atoms with Gasteiger partial charge in [-0.1, -0.05) is 146 Å². The Morgan fingerprint density at radius 2 is 0.969 bits per heavy atom. The maximum Gasteiger partial charge on any atom is 0.235 e. The number of benzene rings is 9. The summed E-state index contributed by atoms with van der Waals surface area (Å²) in [6.07, 6.45) is 0. The number of rotatable bonds is 3. The van der Waals surface area contributed by atoms with Gasteiger partial charge in [0.25, 0.3) is 0 Å². The van der Waals surface area contributed by atoms with Crippen LogP contribution in [0.25, 0.3) is 137 Å². The molecule has 1 aliphatic rings. The van der Waals surface area contributed by atoms with Gasteiger partial charge in [-0.05, 0) is 65.7 Å². The zero-order valence-corrected chi connectivity index (χ0v) is 35.0. The van der Waals surface area contributed by atoms with E-state index in [0.29, 0.717) is 5.95 Å².